The lowest BCUT2D eigenvalue weighted by Crippen LogP contribution is -2.46. The lowest BCUT2D eigenvalue weighted by atomic mass is 10.0. The fraction of sp³-hybridized carbons (Fsp3) is 0.812. The molecule has 0 amide bonds. The summed E-state index contributed by atoms with van der Waals surface area (Å²) in [6.07, 6.45) is 6.91. The molecule has 0 aliphatic carbocycles. The van der Waals surface area contributed by atoms with Gasteiger partial charge in [-0.05, 0) is 45.7 Å². The Morgan fingerprint density at radius 1 is 1.24 bits per heavy atom. The predicted molar refractivity (Wildman–Crippen MR) is 86.7 cm³/mol. The molecule has 1 aromatic rings. The maximum atomic E-state index is 6.02. The number of piperidine rings is 1. The Balaban J connectivity index is 1.64. The van der Waals surface area contributed by atoms with Crippen molar-refractivity contribution in [3.8, 4) is 0 Å². The first-order chi connectivity index (χ1) is 10.2. The summed E-state index contributed by atoms with van der Waals surface area (Å²) in [5, 5.41) is 0. The molecule has 2 N–H and O–H groups in total. The van der Waals surface area contributed by atoms with E-state index in [0.717, 1.165) is 44.6 Å². The van der Waals surface area contributed by atoms with Gasteiger partial charge in [0.05, 0.1) is 5.69 Å². The molecule has 21 heavy (non-hydrogen) atoms. The SMILES string of the molecule is CCCn1cc(C)nc1N1CCC(N2CCC(N)CC2)C1. The summed E-state index contributed by atoms with van der Waals surface area (Å²) in [7, 11) is 0. The van der Waals surface area contributed by atoms with E-state index in [1.165, 1.54) is 25.5 Å². The van der Waals surface area contributed by atoms with Crippen LogP contribution in [0, 0.1) is 6.92 Å². The zero-order valence-corrected chi connectivity index (χ0v) is 13.5. The van der Waals surface area contributed by atoms with Gasteiger partial charge in [0.1, 0.15) is 0 Å². The quantitative estimate of drug-likeness (QED) is 0.915. The van der Waals surface area contributed by atoms with Crippen LogP contribution in [0.5, 0.6) is 0 Å². The van der Waals surface area contributed by atoms with Crippen LogP contribution in [0.25, 0.3) is 0 Å². The highest BCUT2D eigenvalue weighted by Gasteiger charge is 2.31. The molecule has 0 spiro atoms. The predicted octanol–water partition coefficient (Wildman–Crippen LogP) is 1.60. The summed E-state index contributed by atoms with van der Waals surface area (Å²) in [6.45, 7) is 9.97. The van der Waals surface area contributed by atoms with Crippen LogP contribution in [-0.2, 0) is 6.54 Å². The van der Waals surface area contributed by atoms with Gasteiger partial charge in [0.2, 0.25) is 5.95 Å². The third-order valence-corrected chi connectivity index (χ3v) is 4.88. The van der Waals surface area contributed by atoms with E-state index in [-0.39, 0.29) is 0 Å². The molecule has 1 unspecified atom stereocenters. The minimum absolute atomic E-state index is 0.421. The van der Waals surface area contributed by atoms with E-state index in [2.05, 4.69) is 34.4 Å². The van der Waals surface area contributed by atoms with Crippen molar-refractivity contribution in [3.63, 3.8) is 0 Å². The standard InChI is InChI=1S/C16H29N5/c1-3-7-20-11-13(2)18-16(20)21-10-6-15(12-21)19-8-4-14(17)5-9-19/h11,14-15H,3-10,12,17H2,1-2H3. The van der Waals surface area contributed by atoms with Crippen LogP contribution in [0.2, 0.25) is 0 Å². The molecular formula is C16H29N5. The Labute approximate surface area is 128 Å². The fourth-order valence-electron chi connectivity index (χ4n) is 3.70. The fourth-order valence-corrected chi connectivity index (χ4v) is 3.70. The molecule has 0 radical (unpaired) electrons. The number of rotatable bonds is 4. The summed E-state index contributed by atoms with van der Waals surface area (Å²) >= 11 is 0. The van der Waals surface area contributed by atoms with Crippen LogP contribution >= 0.6 is 0 Å². The minimum atomic E-state index is 0.421. The molecule has 2 saturated heterocycles. The van der Waals surface area contributed by atoms with Crippen molar-refractivity contribution in [3.05, 3.63) is 11.9 Å². The smallest absolute Gasteiger partial charge is 0.205 e. The van der Waals surface area contributed by atoms with Gasteiger partial charge >= 0.3 is 0 Å². The Morgan fingerprint density at radius 3 is 2.71 bits per heavy atom. The molecule has 5 nitrogen and oxygen atoms in total. The van der Waals surface area contributed by atoms with Crippen LogP contribution in [0.3, 0.4) is 0 Å². The van der Waals surface area contributed by atoms with E-state index >= 15 is 0 Å². The Morgan fingerprint density at radius 2 is 2.00 bits per heavy atom. The molecule has 0 aromatic carbocycles. The molecule has 2 fully saturated rings. The number of likely N-dealkylation sites (tertiary alicyclic amines) is 1. The van der Waals surface area contributed by atoms with Crippen LogP contribution < -0.4 is 10.6 Å². The number of aryl methyl sites for hydroxylation is 2. The second-order valence-electron chi connectivity index (χ2n) is 6.64. The minimum Gasteiger partial charge on any atom is -0.341 e. The number of nitrogens with two attached hydrogens (primary N) is 1. The topological polar surface area (TPSA) is 50.3 Å². The lowest BCUT2D eigenvalue weighted by molar-refractivity contribution is 0.163. The van der Waals surface area contributed by atoms with E-state index in [1.807, 2.05) is 0 Å². The normalized spacial score (nSPS) is 24.9. The highest BCUT2D eigenvalue weighted by molar-refractivity contribution is 5.35. The Kier molecular flexibility index (Phi) is 4.50. The molecule has 1 atom stereocenters. The summed E-state index contributed by atoms with van der Waals surface area (Å²) < 4.78 is 2.32. The van der Waals surface area contributed by atoms with Crippen LogP contribution in [0.4, 0.5) is 5.95 Å². The molecule has 2 aliphatic rings. The van der Waals surface area contributed by atoms with E-state index in [1.54, 1.807) is 0 Å². The van der Waals surface area contributed by atoms with Crippen LogP contribution in [-0.4, -0.2) is 52.7 Å². The first-order valence-corrected chi connectivity index (χ1v) is 8.45. The van der Waals surface area contributed by atoms with Crippen LogP contribution in [0.15, 0.2) is 6.20 Å². The average Bonchev–Trinajstić information content (AvgIpc) is 3.07. The van der Waals surface area contributed by atoms with Crippen molar-refractivity contribution in [2.24, 2.45) is 5.73 Å². The maximum Gasteiger partial charge on any atom is 0.205 e. The van der Waals surface area contributed by atoms with E-state index < -0.39 is 0 Å². The Hall–Kier alpha value is -1.07. The first kappa shape index (κ1) is 14.9. The van der Waals surface area contributed by atoms with Gasteiger partial charge in [0.15, 0.2) is 0 Å². The molecule has 3 rings (SSSR count). The van der Waals surface area contributed by atoms with E-state index in [9.17, 15) is 0 Å². The molecule has 0 saturated carbocycles. The second kappa shape index (κ2) is 6.36. The van der Waals surface area contributed by atoms with Gasteiger partial charge in [-0.2, -0.15) is 0 Å². The number of aromatic nitrogens is 2. The Bertz CT molecular complexity index is 461. The van der Waals surface area contributed by atoms with Gasteiger partial charge in [0.25, 0.3) is 0 Å². The average molecular weight is 291 g/mol. The summed E-state index contributed by atoms with van der Waals surface area (Å²) in [5.41, 5.74) is 7.15. The third kappa shape index (κ3) is 3.24. The maximum absolute atomic E-state index is 6.02. The molecule has 118 valence electrons. The number of hydrogen-bond donors (Lipinski definition) is 1. The number of anilines is 1. The van der Waals surface area contributed by atoms with E-state index in [4.69, 9.17) is 10.7 Å². The van der Waals surface area contributed by atoms with Crippen molar-refractivity contribution < 1.29 is 0 Å². The summed E-state index contributed by atoms with van der Waals surface area (Å²) in [6, 6.07) is 1.11. The zero-order chi connectivity index (χ0) is 14.8. The number of nitrogens with zero attached hydrogens (tertiary/aromatic N) is 4. The first-order valence-electron chi connectivity index (χ1n) is 8.45. The van der Waals surface area contributed by atoms with Crippen LogP contribution in [0.1, 0.15) is 38.3 Å². The summed E-state index contributed by atoms with van der Waals surface area (Å²) in [4.78, 5) is 9.87. The highest BCUT2D eigenvalue weighted by Crippen LogP contribution is 2.25. The van der Waals surface area contributed by atoms with Gasteiger partial charge < -0.3 is 15.2 Å². The molecule has 2 aliphatic heterocycles. The summed E-state index contributed by atoms with van der Waals surface area (Å²) in [5.74, 6) is 1.17. The number of hydrogen-bond acceptors (Lipinski definition) is 4. The van der Waals surface area contributed by atoms with Gasteiger partial charge in [-0.15, -0.1) is 0 Å². The molecule has 1 aromatic heterocycles. The van der Waals surface area contributed by atoms with Crippen molar-refractivity contribution in [1.29, 1.82) is 0 Å². The monoisotopic (exact) mass is 291 g/mol. The van der Waals surface area contributed by atoms with Crippen molar-refractivity contribution in [2.45, 2.75) is 58.2 Å². The molecule has 3 heterocycles. The molecular weight excluding hydrogens is 262 g/mol. The molecule has 0 bridgehead atoms. The van der Waals surface area contributed by atoms with Gasteiger partial charge in [-0.3, -0.25) is 4.90 Å². The molecule has 5 heteroatoms. The highest BCUT2D eigenvalue weighted by atomic mass is 15.3. The van der Waals surface area contributed by atoms with E-state index in [0.29, 0.717) is 12.1 Å². The largest absolute Gasteiger partial charge is 0.341 e. The second-order valence-corrected chi connectivity index (χ2v) is 6.64. The van der Waals surface area contributed by atoms with Crippen molar-refractivity contribution >= 4 is 5.95 Å². The van der Waals surface area contributed by atoms with Gasteiger partial charge in [-0.1, -0.05) is 6.92 Å². The third-order valence-electron chi connectivity index (χ3n) is 4.88. The van der Waals surface area contributed by atoms with Gasteiger partial charge in [-0.25, -0.2) is 4.98 Å². The van der Waals surface area contributed by atoms with Gasteiger partial charge in [0, 0.05) is 37.9 Å². The van der Waals surface area contributed by atoms with Crippen molar-refractivity contribution in [2.75, 3.05) is 31.1 Å². The number of imidazole rings is 1. The zero-order valence-electron chi connectivity index (χ0n) is 13.5. The van der Waals surface area contributed by atoms with Crippen molar-refractivity contribution in [1.82, 2.24) is 14.5 Å². The lowest BCUT2D eigenvalue weighted by Gasteiger charge is -2.34.